The fourth-order valence-electron chi connectivity index (χ4n) is 6.34. The molecule has 0 aromatic heterocycles. The number of imide groups is 2. The molecule has 12 heteroatoms. The van der Waals surface area contributed by atoms with Crippen LogP contribution >= 0.6 is 31.9 Å². The molecule has 4 amide bonds. The third-order valence-electron chi connectivity index (χ3n) is 8.70. The molecule has 4 aliphatic rings. The Labute approximate surface area is 284 Å². The van der Waals surface area contributed by atoms with E-state index in [2.05, 4.69) is 42.2 Å². The standard InChI is InChI=1S/C35H22Br2N4O6/c36-22-9-5-20(6-10-22)28-26-30(46-38-28)34(44)40(32(26)42)24-13-1-18(2-14-24)17-19-3-15-25(16-4-19)41-33(43)27-29(39-47-31(27)35(41)45)21-7-11-23(37)12-8-21/h1-16,26-27,30-31H,17H2/t26-,27+,30+,31-. The molecule has 4 heterocycles. The number of amides is 4. The maximum Gasteiger partial charge on any atom is 0.278 e. The Kier molecular flexibility index (Phi) is 7.14. The summed E-state index contributed by atoms with van der Waals surface area (Å²) in [6.07, 6.45) is -1.42. The van der Waals surface area contributed by atoms with Crippen LogP contribution < -0.4 is 9.80 Å². The van der Waals surface area contributed by atoms with Crippen LogP contribution in [0.3, 0.4) is 0 Å². The first-order valence-electron chi connectivity index (χ1n) is 14.7. The van der Waals surface area contributed by atoms with Gasteiger partial charge < -0.3 is 9.68 Å². The van der Waals surface area contributed by atoms with Crippen LogP contribution in [0.1, 0.15) is 22.3 Å². The second-order valence-electron chi connectivity index (χ2n) is 11.5. The van der Waals surface area contributed by atoms with Gasteiger partial charge in [0, 0.05) is 20.1 Å². The Bertz CT molecular complexity index is 1880. The fourth-order valence-corrected chi connectivity index (χ4v) is 6.87. The van der Waals surface area contributed by atoms with E-state index < -0.39 is 35.9 Å². The number of hydrogen-bond donors (Lipinski definition) is 0. The van der Waals surface area contributed by atoms with Gasteiger partial charge in [-0.25, -0.2) is 9.80 Å². The van der Waals surface area contributed by atoms with Gasteiger partial charge in [0.1, 0.15) is 23.3 Å². The van der Waals surface area contributed by atoms with E-state index in [-0.39, 0.29) is 11.8 Å². The zero-order valence-corrected chi connectivity index (χ0v) is 27.4. The maximum absolute atomic E-state index is 13.4. The largest absolute Gasteiger partial charge is 0.381 e. The molecule has 47 heavy (non-hydrogen) atoms. The summed E-state index contributed by atoms with van der Waals surface area (Å²) >= 11 is 6.81. The molecule has 2 saturated heterocycles. The quantitative estimate of drug-likeness (QED) is 0.244. The van der Waals surface area contributed by atoms with Crippen LogP contribution in [0.25, 0.3) is 0 Å². The molecule has 0 aliphatic carbocycles. The lowest BCUT2D eigenvalue weighted by molar-refractivity contribution is -0.127. The second kappa shape index (κ2) is 11.4. The topological polar surface area (TPSA) is 118 Å². The highest BCUT2D eigenvalue weighted by atomic mass is 79.9. The summed E-state index contributed by atoms with van der Waals surface area (Å²) in [6, 6.07) is 29.1. The monoisotopic (exact) mass is 752 g/mol. The van der Waals surface area contributed by atoms with E-state index in [9.17, 15) is 19.2 Å². The Morgan fingerprint density at radius 1 is 0.511 bits per heavy atom. The van der Waals surface area contributed by atoms with Crippen molar-refractivity contribution in [3.63, 3.8) is 0 Å². The van der Waals surface area contributed by atoms with Crippen LogP contribution in [0.4, 0.5) is 11.4 Å². The molecule has 2 fully saturated rings. The van der Waals surface area contributed by atoms with Crippen LogP contribution in [-0.2, 0) is 35.3 Å². The van der Waals surface area contributed by atoms with Crippen molar-refractivity contribution in [3.8, 4) is 0 Å². The summed E-state index contributed by atoms with van der Waals surface area (Å²) in [4.78, 5) is 66.4. The normalized spacial score (nSPS) is 23.0. The fraction of sp³-hybridized carbons (Fsp3) is 0.143. The molecule has 10 nitrogen and oxygen atoms in total. The SMILES string of the molecule is O=C1[C@@H]2C(c3ccc(Br)cc3)=NO[C@@H]2C(=O)N1c1ccc(Cc2ccc(N3C(=O)[C@H]4C(c5ccc(Br)cc5)=NO[C@H]4C3=O)cc2)cc1. The molecule has 0 unspecified atom stereocenters. The summed E-state index contributed by atoms with van der Waals surface area (Å²) in [5.74, 6) is -3.26. The van der Waals surface area contributed by atoms with Crippen molar-refractivity contribution >= 4 is 78.3 Å². The van der Waals surface area contributed by atoms with Gasteiger partial charge in [-0.05, 0) is 66.1 Å². The molecular weight excluding hydrogens is 732 g/mol. The van der Waals surface area contributed by atoms with Crippen LogP contribution in [0.2, 0.25) is 0 Å². The van der Waals surface area contributed by atoms with Crippen LogP contribution in [0.5, 0.6) is 0 Å². The van der Waals surface area contributed by atoms with E-state index in [1.807, 2.05) is 72.8 Å². The van der Waals surface area contributed by atoms with Crippen molar-refractivity contribution in [2.75, 3.05) is 9.80 Å². The number of benzene rings is 4. The molecular formula is C35H22Br2N4O6. The lowest BCUT2D eigenvalue weighted by atomic mass is 9.94. The zero-order valence-electron chi connectivity index (χ0n) is 24.2. The van der Waals surface area contributed by atoms with E-state index in [1.54, 1.807) is 24.3 Å². The Hall–Kier alpha value is -4.94. The average molecular weight is 754 g/mol. The molecule has 4 aromatic carbocycles. The first-order valence-corrected chi connectivity index (χ1v) is 16.3. The van der Waals surface area contributed by atoms with Crippen LogP contribution in [-0.4, -0.2) is 47.3 Å². The van der Waals surface area contributed by atoms with Crippen molar-refractivity contribution in [1.29, 1.82) is 0 Å². The van der Waals surface area contributed by atoms with E-state index in [4.69, 9.17) is 9.68 Å². The van der Waals surface area contributed by atoms with E-state index in [1.165, 1.54) is 0 Å². The first kappa shape index (κ1) is 29.5. The zero-order chi connectivity index (χ0) is 32.4. The van der Waals surface area contributed by atoms with Gasteiger partial charge in [-0.15, -0.1) is 0 Å². The van der Waals surface area contributed by atoms with E-state index >= 15 is 0 Å². The van der Waals surface area contributed by atoms with E-state index in [0.717, 1.165) is 41.0 Å². The van der Waals surface area contributed by atoms with Crippen molar-refractivity contribution in [2.45, 2.75) is 18.6 Å². The second-order valence-corrected chi connectivity index (χ2v) is 13.3. The molecule has 8 rings (SSSR count). The molecule has 232 valence electrons. The molecule has 4 aromatic rings. The smallest absolute Gasteiger partial charge is 0.278 e. The molecule has 4 atom stereocenters. The highest BCUT2D eigenvalue weighted by Crippen LogP contribution is 2.37. The Morgan fingerprint density at radius 2 is 0.872 bits per heavy atom. The van der Waals surface area contributed by atoms with Crippen molar-refractivity contribution < 1.29 is 28.9 Å². The molecule has 0 saturated carbocycles. The first-order chi connectivity index (χ1) is 22.8. The van der Waals surface area contributed by atoms with Crippen molar-refractivity contribution in [2.24, 2.45) is 22.1 Å². The van der Waals surface area contributed by atoms with Gasteiger partial charge in [-0.3, -0.25) is 19.2 Å². The lowest BCUT2D eigenvalue weighted by Crippen LogP contribution is -2.33. The number of anilines is 2. The molecule has 0 N–H and O–H groups in total. The molecule has 4 aliphatic heterocycles. The van der Waals surface area contributed by atoms with Gasteiger partial charge in [0.15, 0.2) is 0 Å². The number of carbonyl (C=O) groups is 4. The predicted molar refractivity (Wildman–Crippen MR) is 179 cm³/mol. The average Bonchev–Trinajstić information content (AvgIpc) is 3.83. The number of fused-ring (bicyclic) bond motifs is 2. The maximum atomic E-state index is 13.4. The Morgan fingerprint density at radius 3 is 1.23 bits per heavy atom. The summed E-state index contributed by atoms with van der Waals surface area (Å²) < 4.78 is 1.78. The molecule has 0 spiro atoms. The predicted octanol–water partition coefficient (Wildman–Crippen LogP) is 5.39. The number of nitrogens with zero attached hydrogens (tertiary/aromatic N) is 4. The number of halogens is 2. The van der Waals surface area contributed by atoms with Crippen molar-refractivity contribution in [1.82, 2.24) is 0 Å². The molecule has 0 radical (unpaired) electrons. The lowest BCUT2D eigenvalue weighted by Gasteiger charge is -2.17. The van der Waals surface area contributed by atoms with Gasteiger partial charge in [0.2, 0.25) is 24.0 Å². The third kappa shape index (κ3) is 4.90. The van der Waals surface area contributed by atoms with Gasteiger partial charge in [-0.1, -0.05) is 90.7 Å². The highest BCUT2D eigenvalue weighted by molar-refractivity contribution is 9.10. The van der Waals surface area contributed by atoms with Gasteiger partial charge in [0.25, 0.3) is 11.8 Å². The van der Waals surface area contributed by atoms with Gasteiger partial charge in [0.05, 0.1) is 11.4 Å². The third-order valence-corrected chi connectivity index (χ3v) is 9.76. The van der Waals surface area contributed by atoms with Crippen molar-refractivity contribution in [3.05, 3.63) is 128 Å². The van der Waals surface area contributed by atoms with Gasteiger partial charge >= 0.3 is 0 Å². The molecule has 0 bridgehead atoms. The highest BCUT2D eigenvalue weighted by Gasteiger charge is 2.57. The Balaban J connectivity index is 0.948. The minimum Gasteiger partial charge on any atom is -0.381 e. The number of carbonyl (C=O) groups excluding carboxylic acids is 4. The van der Waals surface area contributed by atoms with Crippen LogP contribution in [0.15, 0.2) is 116 Å². The summed E-state index contributed by atoms with van der Waals surface area (Å²) in [6.45, 7) is 0. The summed E-state index contributed by atoms with van der Waals surface area (Å²) in [7, 11) is 0. The van der Waals surface area contributed by atoms with Gasteiger partial charge in [-0.2, -0.15) is 0 Å². The number of rotatable bonds is 6. The summed E-state index contributed by atoms with van der Waals surface area (Å²) in [5.41, 5.74) is 5.12. The number of oxime groups is 2. The van der Waals surface area contributed by atoms with E-state index in [0.29, 0.717) is 29.2 Å². The summed E-state index contributed by atoms with van der Waals surface area (Å²) in [5, 5.41) is 8.13. The minimum absolute atomic E-state index is 0.377. The number of hydrogen-bond acceptors (Lipinski definition) is 8. The van der Waals surface area contributed by atoms with Crippen LogP contribution in [0, 0.1) is 11.8 Å². The minimum atomic E-state index is -0.987.